The van der Waals surface area contributed by atoms with Gasteiger partial charge in [0, 0.05) is 30.2 Å². The van der Waals surface area contributed by atoms with Gasteiger partial charge in [0.25, 0.3) is 5.56 Å². The summed E-state index contributed by atoms with van der Waals surface area (Å²) in [6.07, 6.45) is 0. The lowest BCUT2D eigenvalue weighted by Gasteiger charge is -2.27. The van der Waals surface area contributed by atoms with E-state index in [0.29, 0.717) is 13.1 Å². The van der Waals surface area contributed by atoms with Crippen molar-refractivity contribution in [3.63, 3.8) is 0 Å². The number of aliphatic hydroxyl groups is 1. The van der Waals surface area contributed by atoms with Crippen molar-refractivity contribution in [3.8, 4) is 0 Å². The van der Waals surface area contributed by atoms with Gasteiger partial charge in [-0.3, -0.25) is 14.1 Å². The third kappa shape index (κ3) is 3.45. The summed E-state index contributed by atoms with van der Waals surface area (Å²) < 4.78 is 1.63. The number of aryl methyl sites for hydroxylation is 1. The average Bonchev–Trinajstić information content (AvgIpc) is 2.68. The highest BCUT2D eigenvalue weighted by Crippen LogP contribution is 2.13. The summed E-state index contributed by atoms with van der Waals surface area (Å²) in [5, 5.41) is 11.8. The molecule has 0 aliphatic rings. The summed E-state index contributed by atoms with van der Waals surface area (Å²) >= 11 is 1.47. The van der Waals surface area contributed by atoms with E-state index in [1.54, 1.807) is 24.3 Å². The Labute approximate surface area is 122 Å². The Kier molecular flexibility index (Phi) is 4.27. The van der Waals surface area contributed by atoms with E-state index in [2.05, 4.69) is 9.88 Å². The Hall–Kier alpha value is -1.24. The van der Waals surface area contributed by atoms with E-state index in [0.717, 1.165) is 22.9 Å². The fourth-order valence-electron chi connectivity index (χ4n) is 2.24. The standard InChI is InChI=1S/C14H21N3O2S/c1-5-16(9-14(3,4)19)7-11-6-12(18)17-10(2)8-20-13(17)15-11/h6,8,19H,5,7,9H2,1-4H3. The first kappa shape index (κ1) is 15.2. The first-order chi connectivity index (χ1) is 9.30. The molecule has 0 amide bonds. The van der Waals surface area contributed by atoms with Gasteiger partial charge in [0.05, 0.1) is 11.3 Å². The molecule has 0 aliphatic heterocycles. The zero-order valence-corrected chi connectivity index (χ0v) is 13.2. The molecular weight excluding hydrogens is 274 g/mol. The Bertz CT molecular complexity index is 654. The van der Waals surface area contributed by atoms with E-state index < -0.39 is 5.60 Å². The third-order valence-corrected chi connectivity index (χ3v) is 4.02. The highest BCUT2D eigenvalue weighted by Gasteiger charge is 2.18. The number of thiazole rings is 1. The quantitative estimate of drug-likeness (QED) is 0.911. The van der Waals surface area contributed by atoms with Crippen LogP contribution in [0, 0.1) is 6.92 Å². The number of hydrogen-bond donors (Lipinski definition) is 1. The SMILES string of the molecule is CCN(Cc1cc(=O)n2c(C)csc2n1)CC(C)(C)O. The van der Waals surface area contributed by atoms with Gasteiger partial charge in [-0.15, -0.1) is 11.3 Å². The summed E-state index contributed by atoms with van der Waals surface area (Å²) in [6.45, 7) is 9.42. The van der Waals surface area contributed by atoms with Crippen molar-refractivity contribution < 1.29 is 5.11 Å². The normalized spacial score (nSPS) is 12.5. The fraction of sp³-hybridized carbons (Fsp3) is 0.571. The lowest BCUT2D eigenvalue weighted by Crippen LogP contribution is -2.38. The molecule has 2 rings (SSSR count). The molecule has 20 heavy (non-hydrogen) atoms. The molecule has 2 heterocycles. The second kappa shape index (κ2) is 5.63. The molecule has 0 spiro atoms. The smallest absolute Gasteiger partial charge is 0.259 e. The lowest BCUT2D eigenvalue weighted by atomic mass is 10.1. The largest absolute Gasteiger partial charge is 0.389 e. The van der Waals surface area contributed by atoms with Crippen molar-refractivity contribution in [1.29, 1.82) is 0 Å². The molecule has 0 bridgehead atoms. The molecule has 5 nitrogen and oxygen atoms in total. The van der Waals surface area contributed by atoms with E-state index in [9.17, 15) is 9.90 Å². The van der Waals surface area contributed by atoms with E-state index in [1.807, 2.05) is 19.2 Å². The van der Waals surface area contributed by atoms with Gasteiger partial charge < -0.3 is 5.11 Å². The summed E-state index contributed by atoms with van der Waals surface area (Å²) in [5.74, 6) is 0. The lowest BCUT2D eigenvalue weighted by molar-refractivity contribution is 0.0350. The zero-order valence-electron chi connectivity index (χ0n) is 12.4. The summed E-state index contributed by atoms with van der Waals surface area (Å²) in [6, 6.07) is 1.58. The zero-order chi connectivity index (χ0) is 14.9. The van der Waals surface area contributed by atoms with Crippen molar-refractivity contribution >= 4 is 16.3 Å². The molecule has 0 saturated heterocycles. The average molecular weight is 295 g/mol. The number of fused-ring (bicyclic) bond motifs is 1. The summed E-state index contributed by atoms with van der Waals surface area (Å²) in [5.41, 5.74) is 0.873. The van der Waals surface area contributed by atoms with Gasteiger partial charge in [0.2, 0.25) is 0 Å². The van der Waals surface area contributed by atoms with Gasteiger partial charge in [-0.25, -0.2) is 4.98 Å². The van der Waals surface area contributed by atoms with Crippen molar-refractivity contribution in [2.75, 3.05) is 13.1 Å². The van der Waals surface area contributed by atoms with Crippen molar-refractivity contribution in [3.05, 3.63) is 33.2 Å². The van der Waals surface area contributed by atoms with Gasteiger partial charge in [0.1, 0.15) is 0 Å². The van der Waals surface area contributed by atoms with Crippen LogP contribution in [0.1, 0.15) is 32.2 Å². The van der Waals surface area contributed by atoms with Gasteiger partial charge in [-0.05, 0) is 27.3 Å². The van der Waals surface area contributed by atoms with E-state index >= 15 is 0 Å². The molecule has 2 aromatic rings. The van der Waals surface area contributed by atoms with Crippen LogP contribution in [0.15, 0.2) is 16.2 Å². The van der Waals surface area contributed by atoms with Crippen LogP contribution in [0.25, 0.3) is 4.96 Å². The van der Waals surface area contributed by atoms with Crippen LogP contribution in [-0.4, -0.2) is 38.1 Å². The maximum atomic E-state index is 12.1. The molecule has 0 saturated carbocycles. The Balaban J connectivity index is 2.27. The predicted octanol–water partition coefficient (Wildman–Crippen LogP) is 1.66. The number of likely N-dealkylation sites (N-methyl/N-ethyl adjacent to an activating group) is 1. The third-order valence-electron chi connectivity index (χ3n) is 3.07. The van der Waals surface area contributed by atoms with Gasteiger partial charge in [0.15, 0.2) is 4.96 Å². The number of aromatic nitrogens is 2. The minimum absolute atomic E-state index is 0.0388. The highest BCUT2D eigenvalue weighted by molar-refractivity contribution is 7.15. The highest BCUT2D eigenvalue weighted by atomic mass is 32.1. The van der Waals surface area contributed by atoms with E-state index in [-0.39, 0.29) is 5.56 Å². The molecule has 2 aromatic heterocycles. The monoisotopic (exact) mass is 295 g/mol. The van der Waals surface area contributed by atoms with Crippen LogP contribution in [0.2, 0.25) is 0 Å². The van der Waals surface area contributed by atoms with Crippen LogP contribution in [0.3, 0.4) is 0 Å². The number of nitrogens with zero attached hydrogens (tertiary/aromatic N) is 3. The topological polar surface area (TPSA) is 57.8 Å². The molecule has 0 aliphatic carbocycles. The second-order valence-electron chi connectivity index (χ2n) is 5.70. The van der Waals surface area contributed by atoms with Crippen LogP contribution < -0.4 is 5.56 Å². The minimum Gasteiger partial charge on any atom is -0.389 e. The predicted molar refractivity (Wildman–Crippen MR) is 81.3 cm³/mol. The Morgan fingerprint density at radius 2 is 2.20 bits per heavy atom. The van der Waals surface area contributed by atoms with E-state index in [4.69, 9.17) is 0 Å². The molecule has 0 fully saturated rings. The summed E-state index contributed by atoms with van der Waals surface area (Å²) in [7, 11) is 0. The van der Waals surface area contributed by atoms with Gasteiger partial charge in [-0.2, -0.15) is 0 Å². The molecule has 0 aromatic carbocycles. The first-order valence-corrected chi connectivity index (χ1v) is 7.59. The molecule has 0 unspecified atom stereocenters. The van der Waals surface area contributed by atoms with Crippen molar-refractivity contribution in [1.82, 2.24) is 14.3 Å². The van der Waals surface area contributed by atoms with Crippen molar-refractivity contribution in [2.45, 2.75) is 39.8 Å². The van der Waals surface area contributed by atoms with Crippen LogP contribution in [-0.2, 0) is 6.54 Å². The molecular formula is C14H21N3O2S. The van der Waals surface area contributed by atoms with Crippen LogP contribution >= 0.6 is 11.3 Å². The fourth-order valence-corrected chi connectivity index (χ4v) is 3.13. The maximum Gasteiger partial charge on any atom is 0.259 e. The maximum absolute atomic E-state index is 12.1. The first-order valence-electron chi connectivity index (χ1n) is 6.71. The van der Waals surface area contributed by atoms with Crippen LogP contribution in [0.4, 0.5) is 0 Å². The van der Waals surface area contributed by atoms with Gasteiger partial charge in [-0.1, -0.05) is 6.92 Å². The Morgan fingerprint density at radius 3 is 2.80 bits per heavy atom. The molecule has 0 atom stereocenters. The minimum atomic E-state index is -0.755. The second-order valence-corrected chi connectivity index (χ2v) is 6.53. The molecule has 110 valence electrons. The van der Waals surface area contributed by atoms with Gasteiger partial charge >= 0.3 is 0 Å². The number of rotatable bonds is 5. The molecule has 6 heteroatoms. The van der Waals surface area contributed by atoms with E-state index in [1.165, 1.54) is 11.3 Å². The van der Waals surface area contributed by atoms with Crippen LogP contribution in [0.5, 0.6) is 0 Å². The van der Waals surface area contributed by atoms with Crippen molar-refractivity contribution in [2.24, 2.45) is 0 Å². The molecule has 1 N–H and O–H groups in total. The Morgan fingerprint density at radius 1 is 1.50 bits per heavy atom. The molecule has 0 radical (unpaired) electrons. The summed E-state index contributed by atoms with van der Waals surface area (Å²) in [4.78, 5) is 19.4. The number of hydrogen-bond acceptors (Lipinski definition) is 5.